The lowest BCUT2D eigenvalue weighted by molar-refractivity contribution is -0.118. The third kappa shape index (κ3) is 2.95. The van der Waals surface area contributed by atoms with Gasteiger partial charge >= 0.3 is 0 Å². The highest BCUT2D eigenvalue weighted by molar-refractivity contribution is 6.44. The maximum Gasteiger partial charge on any atom is 0.241 e. The first-order chi connectivity index (χ1) is 8.61. The fraction of sp³-hybridized carbons (Fsp3) is 0.417. The van der Waals surface area contributed by atoms with Gasteiger partial charge in [0.15, 0.2) is 0 Å². The Hall–Kier alpha value is -0.810. The maximum absolute atomic E-state index is 12.0. The molecule has 0 bridgehead atoms. The average molecular weight is 289 g/mol. The van der Waals surface area contributed by atoms with Crippen LogP contribution in [0.15, 0.2) is 18.2 Å². The number of benzene rings is 1. The molecule has 0 spiro atoms. The lowest BCUT2D eigenvalue weighted by atomic mass is 10.2. The van der Waals surface area contributed by atoms with Gasteiger partial charge in [0.2, 0.25) is 5.91 Å². The van der Waals surface area contributed by atoms with Crippen LogP contribution in [0.4, 0.5) is 5.69 Å². The largest absolute Gasteiger partial charge is 0.380 e. The molecule has 1 fully saturated rings. The molecule has 2 unspecified atom stereocenters. The lowest BCUT2D eigenvalue weighted by Gasteiger charge is -2.12. The fourth-order valence-corrected chi connectivity index (χ4v) is 2.25. The molecule has 0 aliphatic carbocycles. The smallest absolute Gasteiger partial charge is 0.241 e. The van der Waals surface area contributed by atoms with Gasteiger partial charge in [0, 0.05) is 13.7 Å². The molecule has 1 aliphatic heterocycles. The van der Waals surface area contributed by atoms with Gasteiger partial charge in [-0.3, -0.25) is 4.79 Å². The summed E-state index contributed by atoms with van der Waals surface area (Å²) in [5.41, 5.74) is 0.525. The van der Waals surface area contributed by atoms with Gasteiger partial charge in [-0.1, -0.05) is 29.3 Å². The van der Waals surface area contributed by atoms with E-state index in [0.29, 0.717) is 28.7 Å². The van der Waals surface area contributed by atoms with Gasteiger partial charge in [-0.2, -0.15) is 0 Å². The molecule has 0 aromatic heterocycles. The lowest BCUT2D eigenvalue weighted by Crippen LogP contribution is -2.35. The van der Waals surface area contributed by atoms with Crippen LogP contribution in [-0.2, 0) is 9.53 Å². The van der Waals surface area contributed by atoms with Crippen LogP contribution >= 0.6 is 23.2 Å². The molecular formula is C12H14Cl2N2O2. The average Bonchev–Trinajstić information content (AvgIpc) is 2.83. The van der Waals surface area contributed by atoms with Gasteiger partial charge in [0.05, 0.1) is 27.9 Å². The molecule has 1 heterocycles. The number of hydrogen-bond donors (Lipinski definition) is 2. The summed E-state index contributed by atoms with van der Waals surface area (Å²) in [6, 6.07) is 4.87. The number of anilines is 1. The van der Waals surface area contributed by atoms with Crippen molar-refractivity contribution in [2.24, 2.45) is 0 Å². The topological polar surface area (TPSA) is 50.4 Å². The Morgan fingerprint density at radius 3 is 2.94 bits per heavy atom. The van der Waals surface area contributed by atoms with Crippen molar-refractivity contribution in [1.29, 1.82) is 0 Å². The summed E-state index contributed by atoms with van der Waals surface area (Å²) in [5.74, 6) is -0.126. The standard InChI is InChI=1S/C12H14Cl2N2O2/c1-18-7-5-10(15-6-7)12(17)16-9-4-2-3-8(13)11(9)14/h2-4,7,10,15H,5-6H2,1H3,(H,16,17). The van der Waals surface area contributed by atoms with Crippen LogP contribution in [0.25, 0.3) is 0 Å². The van der Waals surface area contributed by atoms with Gasteiger partial charge < -0.3 is 15.4 Å². The van der Waals surface area contributed by atoms with E-state index in [1.54, 1.807) is 25.3 Å². The molecule has 1 aromatic carbocycles. The van der Waals surface area contributed by atoms with Crippen molar-refractivity contribution in [3.63, 3.8) is 0 Å². The van der Waals surface area contributed by atoms with Crippen molar-refractivity contribution in [3.8, 4) is 0 Å². The number of carbonyl (C=O) groups excluding carboxylic acids is 1. The number of carbonyl (C=O) groups is 1. The Bertz CT molecular complexity index is 454. The molecule has 0 radical (unpaired) electrons. The molecule has 18 heavy (non-hydrogen) atoms. The predicted molar refractivity (Wildman–Crippen MR) is 72.3 cm³/mol. The summed E-state index contributed by atoms with van der Waals surface area (Å²) in [6.07, 6.45) is 0.733. The third-order valence-corrected chi connectivity index (χ3v) is 3.77. The second-order valence-corrected chi connectivity index (χ2v) is 4.93. The van der Waals surface area contributed by atoms with Gasteiger partial charge in [-0.25, -0.2) is 0 Å². The zero-order valence-electron chi connectivity index (χ0n) is 9.87. The summed E-state index contributed by atoms with van der Waals surface area (Å²) >= 11 is 11.9. The highest BCUT2D eigenvalue weighted by Gasteiger charge is 2.29. The second-order valence-electron chi connectivity index (χ2n) is 4.14. The molecule has 0 saturated carbocycles. The van der Waals surface area contributed by atoms with E-state index in [4.69, 9.17) is 27.9 Å². The Morgan fingerprint density at radius 1 is 1.50 bits per heavy atom. The summed E-state index contributed by atoms with van der Waals surface area (Å²) < 4.78 is 5.19. The highest BCUT2D eigenvalue weighted by atomic mass is 35.5. The van der Waals surface area contributed by atoms with E-state index in [9.17, 15) is 4.79 Å². The second kappa shape index (κ2) is 5.89. The van der Waals surface area contributed by atoms with Crippen LogP contribution in [0.5, 0.6) is 0 Å². The summed E-state index contributed by atoms with van der Waals surface area (Å²) in [4.78, 5) is 12.0. The SMILES string of the molecule is COC1CNC(C(=O)Nc2cccc(Cl)c2Cl)C1. The van der Waals surface area contributed by atoms with Gasteiger partial charge in [-0.05, 0) is 18.6 Å². The number of amides is 1. The van der Waals surface area contributed by atoms with E-state index < -0.39 is 0 Å². The number of hydrogen-bond acceptors (Lipinski definition) is 3. The van der Waals surface area contributed by atoms with Crippen LogP contribution in [0.1, 0.15) is 6.42 Å². The Labute approximate surface area is 116 Å². The first-order valence-corrected chi connectivity index (χ1v) is 6.38. The van der Waals surface area contributed by atoms with Gasteiger partial charge in [0.1, 0.15) is 0 Å². The minimum absolute atomic E-state index is 0.0792. The monoisotopic (exact) mass is 288 g/mol. The van der Waals surface area contributed by atoms with Crippen LogP contribution < -0.4 is 10.6 Å². The number of ether oxygens (including phenoxy) is 1. The fourth-order valence-electron chi connectivity index (χ4n) is 1.90. The molecular weight excluding hydrogens is 275 g/mol. The Balaban J connectivity index is 2.01. The van der Waals surface area contributed by atoms with E-state index in [1.165, 1.54) is 0 Å². The van der Waals surface area contributed by atoms with E-state index >= 15 is 0 Å². The molecule has 2 rings (SSSR count). The molecule has 1 aliphatic rings. The Kier molecular flexibility index (Phi) is 4.45. The number of nitrogens with one attached hydrogen (secondary N) is 2. The molecule has 6 heteroatoms. The minimum atomic E-state index is -0.259. The number of methoxy groups -OCH3 is 1. The molecule has 4 nitrogen and oxygen atoms in total. The normalized spacial score (nSPS) is 23.1. The molecule has 1 aromatic rings. The minimum Gasteiger partial charge on any atom is -0.380 e. The van der Waals surface area contributed by atoms with Crippen molar-refractivity contribution >= 4 is 34.8 Å². The van der Waals surface area contributed by atoms with Crippen molar-refractivity contribution in [2.45, 2.75) is 18.6 Å². The summed E-state index contributed by atoms with van der Waals surface area (Å²) in [5, 5.41) is 6.64. The van der Waals surface area contributed by atoms with E-state index in [2.05, 4.69) is 10.6 Å². The zero-order chi connectivity index (χ0) is 13.1. The molecule has 1 amide bonds. The molecule has 2 N–H and O–H groups in total. The van der Waals surface area contributed by atoms with Crippen LogP contribution in [0, 0.1) is 0 Å². The quantitative estimate of drug-likeness (QED) is 0.897. The highest BCUT2D eigenvalue weighted by Crippen LogP contribution is 2.29. The molecule has 98 valence electrons. The van der Waals surface area contributed by atoms with Crippen molar-refractivity contribution in [3.05, 3.63) is 28.2 Å². The first kappa shape index (κ1) is 13.6. The third-order valence-electron chi connectivity index (χ3n) is 2.95. The van der Waals surface area contributed by atoms with E-state index in [1.807, 2.05) is 0 Å². The Morgan fingerprint density at radius 2 is 2.28 bits per heavy atom. The maximum atomic E-state index is 12.0. The van der Waals surface area contributed by atoms with E-state index in [0.717, 1.165) is 0 Å². The van der Waals surface area contributed by atoms with Gasteiger partial charge in [0.25, 0.3) is 0 Å². The molecule has 2 atom stereocenters. The van der Waals surface area contributed by atoms with Gasteiger partial charge in [-0.15, -0.1) is 0 Å². The number of halogens is 2. The number of rotatable bonds is 3. The van der Waals surface area contributed by atoms with Crippen molar-refractivity contribution < 1.29 is 9.53 Å². The van der Waals surface area contributed by atoms with Crippen molar-refractivity contribution in [1.82, 2.24) is 5.32 Å². The van der Waals surface area contributed by atoms with Crippen LogP contribution in [0.3, 0.4) is 0 Å². The van der Waals surface area contributed by atoms with Crippen LogP contribution in [-0.4, -0.2) is 31.7 Å². The predicted octanol–water partition coefficient (Wildman–Crippen LogP) is 2.31. The summed E-state index contributed by atoms with van der Waals surface area (Å²) in [6.45, 7) is 0.678. The first-order valence-electron chi connectivity index (χ1n) is 5.63. The van der Waals surface area contributed by atoms with Crippen LogP contribution in [0.2, 0.25) is 10.0 Å². The summed E-state index contributed by atoms with van der Waals surface area (Å²) in [7, 11) is 1.64. The van der Waals surface area contributed by atoms with Crippen molar-refractivity contribution in [2.75, 3.05) is 19.0 Å². The molecule has 1 saturated heterocycles. The zero-order valence-corrected chi connectivity index (χ0v) is 11.4. The van der Waals surface area contributed by atoms with E-state index in [-0.39, 0.29) is 18.1 Å².